The van der Waals surface area contributed by atoms with Crippen LogP contribution in [-0.2, 0) is 4.79 Å². The summed E-state index contributed by atoms with van der Waals surface area (Å²) in [6, 6.07) is -1.43. The van der Waals surface area contributed by atoms with Gasteiger partial charge in [0.15, 0.2) is 11.6 Å². The fourth-order valence-corrected chi connectivity index (χ4v) is 1.59. The number of urea groups is 1. The van der Waals surface area contributed by atoms with Gasteiger partial charge in [0.2, 0.25) is 0 Å². The highest BCUT2D eigenvalue weighted by Crippen LogP contribution is 2.21. The molecule has 1 aromatic carbocycles. The summed E-state index contributed by atoms with van der Waals surface area (Å²) in [5, 5.41) is 13.0. The summed E-state index contributed by atoms with van der Waals surface area (Å²) in [5.74, 6) is -5.26. The van der Waals surface area contributed by atoms with Crippen molar-refractivity contribution in [1.82, 2.24) is 5.32 Å². The van der Waals surface area contributed by atoms with Crippen molar-refractivity contribution in [3.05, 3.63) is 29.6 Å². The normalized spacial score (nSPS) is 12.7. The number of carbonyl (C=O) groups is 2. The molecule has 0 saturated heterocycles. The Hall–Kier alpha value is -2.25. The molecule has 0 aliphatic rings. The van der Waals surface area contributed by atoms with Gasteiger partial charge in [0.05, 0.1) is 5.69 Å². The van der Waals surface area contributed by atoms with Gasteiger partial charge in [-0.15, -0.1) is 0 Å². The average molecular weight is 304 g/mol. The zero-order valence-electron chi connectivity index (χ0n) is 11.6. The molecule has 0 bridgehead atoms. The lowest BCUT2D eigenvalue weighted by Crippen LogP contribution is -2.50. The number of carbonyl (C=O) groups excluding carboxylic acids is 1. The number of nitrogens with one attached hydrogen (secondary N) is 2. The van der Waals surface area contributed by atoms with Crippen molar-refractivity contribution >= 4 is 17.7 Å². The van der Waals surface area contributed by atoms with Crippen molar-refractivity contribution in [3.63, 3.8) is 0 Å². The van der Waals surface area contributed by atoms with Gasteiger partial charge in [-0.3, -0.25) is 0 Å². The molecule has 0 aromatic heterocycles. The first-order valence-electron chi connectivity index (χ1n) is 5.97. The van der Waals surface area contributed by atoms with Crippen molar-refractivity contribution in [2.75, 3.05) is 5.32 Å². The van der Waals surface area contributed by atoms with Gasteiger partial charge >= 0.3 is 12.0 Å². The summed E-state index contributed by atoms with van der Waals surface area (Å²) in [6.07, 6.45) is 0. The zero-order valence-corrected chi connectivity index (χ0v) is 11.6. The molecule has 1 aromatic rings. The number of carboxylic acids is 1. The average Bonchev–Trinajstić information content (AvgIpc) is 2.30. The third-order valence-electron chi connectivity index (χ3n) is 2.63. The molecule has 8 heteroatoms. The van der Waals surface area contributed by atoms with E-state index in [-0.39, 0.29) is 0 Å². The van der Waals surface area contributed by atoms with Crippen molar-refractivity contribution < 1.29 is 27.9 Å². The molecule has 0 aliphatic carbocycles. The molecular weight excluding hydrogens is 289 g/mol. The molecule has 21 heavy (non-hydrogen) atoms. The number of hydrogen-bond acceptors (Lipinski definition) is 2. The maximum atomic E-state index is 13.4. The molecule has 0 spiro atoms. The number of carboxylic acid groups (broad SMARTS) is 1. The Morgan fingerprint density at radius 3 is 2.24 bits per heavy atom. The predicted octanol–water partition coefficient (Wildman–Crippen LogP) is 2.72. The first kappa shape index (κ1) is 16.8. The Balaban J connectivity index is 2.90. The molecule has 1 atom stereocenters. The minimum atomic E-state index is -1.46. The van der Waals surface area contributed by atoms with Crippen LogP contribution in [0, 0.1) is 22.9 Å². The zero-order chi connectivity index (χ0) is 16.4. The predicted molar refractivity (Wildman–Crippen MR) is 69.3 cm³/mol. The second kappa shape index (κ2) is 6.02. The minimum Gasteiger partial charge on any atom is -0.480 e. The van der Waals surface area contributed by atoms with Crippen LogP contribution in [0.3, 0.4) is 0 Å². The largest absolute Gasteiger partial charge is 0.480 e. The highest BCUT2D eigenvalue weighted by atomic mass is 19.2. The molecule has 3 N–H and O–H groups in total. The van der Waals surface area contributed by atoms with Crippen LogP contribution >= 0.6 is 0 Å². The molecule has 0 saturated carbocycles. The van der Waals surface area contributed by atoms with Crippen molar-refractivity contribution in [2.24, 2.45) is 5.41 Å². The first-order valence-corrected chi connectivity index (χ1v) is 5.97. The molecule has 0 heterocycles. The second-order valence-corrected chi connectivity index (χ2v) is 5.48. The van der Waals surface area contributed by atoms with Crippen LogP contribution < -0.4 is 10.6 Å². The smallest absolute Gasteiger partial charge is 0.326 e. The van der Waals surface area contributed by atoms with Crippen molar-refractivity contribution in [2.45, 2.75) is 26.8 Å². The lowest BCUT2D eigenvalue weighted by atomic mass is 9.87. The van der Waals surface area contributed by atoms with Crippen LogP contribution in [0.15, 0.2) is 12.1 Å². The minimum absolute atomic E-state index is 0.327. The van der Waals surface area contributed by atoms with Crippen LogP contribution in [0.5, 0.6) is 0 Å². The molecule has 2 amide bonds. The maximum Gasteiger partial charge on any atom is 0.326 e. The van der Waals surface area contributed by atoms with Gasteiger partial charge in [0.25, 0.3) is 0 Å². The van der Waals surface area contributed by atoms with Gasteiger partial charge in [-0.2, -0.15) is 0 Å². The summed E-state index contributed by atoms with van der Waals surface area (Å²) in [5.41, 5.74) is -1.53. The first-order chi connectivity index (χ1) is 9.52. The number of aliphatic carboxylic acids is 1. The number of hydrogen-bond donors (Lipinski definition) is 3. The van der Waals surface area contributed by atoms with Gasteiger partial charge in [0.1, 0.15) is 11.9 Å². The van der Waals surface area contributed by atoms with E-state index in [1.807, 2.05) is 5.32 Å². The van der Waals surface area contributed by atoms with Crippen LogP contribution in [0.4, 0.5) is 23.7 Å². The van der Waals surface area contributed by atoms with Crippen molar-refractivity contribution in [3.8, 4) is 0 Å². The molecular formula is C13H15F3N2O3. The van der Waals surface area contributed by atoms with Gasteiger partial charge in [-0.25, -0.2) is 22.8 Å². The van der Waals surface area contributed by atoms with Crippen LogP contribution in [-0.4, -0.2) is 23.1 Å². The van der Waals surface area contributed by atoms with E-state index in [0.717, 1.165) is 0 Å². The Morgan fingerprint density at radius 2 is 1.76 bits per heavy atom. The topological polar surface area (TPSA) is 78.4 Å². The van der Waals surface area contributed by atoms with Crippen LogP contribution in [0.2, 0.25) is 0 Å². The Kier molecular flexibility index (Phi) is 4.82. The second-order valence-electron chi connectivity index (χ2n) is 5.48. The van der Waals surface area contributed by atoms with Gasteiger partial charge in [-0.1, -0.05) is 20.8 Å². The van der Waals surface area contributed by atoms with Gasteiger partial charge in [0, 0.05) is 12.1 Å². The van der Waals surface area contributed by atoms with E-state index in [9.17, 15) is 22.8 Å². The monoisotopic (exact) mass is 304 g/mol. The molecule has 116 valence electrons. The molecule has 1 rings (SSSR count). The van der Waals surface area contributed by atoms with Crippen molar-refractivity contribution in [1.29, 1.82) is 0 Å². The summed E-state index contributed by atoms with van der Waals surface area (Å²) in [7, 11) is 0. The highest BCUT2D eigenvalue weighted by Gasteiger charge is 2.32. The number of amides is 2. The van der Waals surface area contributed by atoms with E-state index in [4.69, 9.17) is 5.11 Å². The summed E-state index contributed by atoms with van der Waals surface area (Å²) in [4.78, 5) is 22.7. The lowest BCUT2D eigenvalue weighted by Gasteiger charge is -2.27. The van der Waals surface area contributed by atoms with E-state index in [1.165, 1.54) is 0 Å². The number of rotatable bonds is 3. The van der Waals surface area contributed by atoms with E-state index in [0.29, 0.717) is 12.1 Å². The maximum absolute atomic E-state index is 13.4. The quantitative estimate of drug-likeness (QED) is 0.751. The lowest BCUT2D eigenvalue weighted by molar-refractivity contribution is -0.141. The fourth-order valence-electron chi connectivity index (χ4n) is 1.59. The number of anilines is 1. The third-order valence-corrected chi connectivity index (χ3v) is 2.63. The van der Waals surface area contributed by atoms with Gasteiger partial charge < -0.3 is 15.7 Å². The number of benzene rings is 1. The van der Waals surface area contributed by atoms with Gasteiger partial charge in [-0.05, 0) is 5.41 Å². The van der Waals surface area contributed by atoms with E-state index in [2.05, 4.69) is 5.32 Å². The highest BCUT2D eigenvalue weighted by molar-refractivity contribution is 5.92. The van der Waals surface area contributed by atoms with E-state index in [1.54, 1.807) is 20.8 Å². The fraction of sp³-hybridized carbons (Fsp3) is 0.385. The summed E-state index contributed by atoms with van der Waals surface area (Å²) in [6.45, 7) is 4.73. The van der Waals surface area contributed by atoms with E-state index < -0.39 is 46.6 Å². The molecule has 5 nitrogen and oxygen atoms in total. The molecule has 1 unspecified atom stereocenters. The van der Waals surface area contributed by atoms with Crippen LogP contribution in [0.1, 0.15) is 20.8 Å². The Bertz CT molecular complexity index is 571. The van der Waals surface area contributed by atoms with Crippen LogP contribution in [0.25, 0.3) is 0 Å². The Labute approximate surface area is 119 Å². The summed E-state index contributed by atoms with van der Waals surface area (Å²) >= 11 is 0. The summed E-state index contributed by atoms with van der Waals surface area (Å²) < 4.78 is 39.3. The standard InChI is InChI=1S/C13H15F3N2O3/c1-13(2,3)10(11(19)20)18-12(21)17-8-5-6(14)4-7(15)9(8)16/h4-5,10H,1-3H3,(H,19,20)(H2,17,18,21). The van der Waals surface area contributed by atoms with E-state index >= 15 is 0 Å². The molecule has 0 radical (unpaired) electrons. The third kappa shape index (κ3) is 4.37. The Morgan fingerprint density at radius 1 is 1.19 bits per heavy atom. The molecule has 0 aliphatic heterocycles. The SMILES string of the molecule is CC(C)(C)C(NC(=O)Nc1cc(F)cc(F)c1F)C(=O)O. The molecule has 0 fully saturated rings. The number of halogens is 3.